The zero-order chi connectivity index (χ0) is 18.9. The number of hydrogen-bond acceptors (Lipinski definition) is 3. The standard InChI is InChI=1S/C22H29N3O2/c1-16(2)25-15-17-7-6-10-19(20(17)24-25)23-21(26)22(11-13-27-14-12-22)18-8-4-3-5-9-18/h3-5,8-9,15-16,19H,6-7,10-14H2,1-2H3,(H,23,26)/t19-/m1/s1. The number of carbonyl (C=O) groups is 1. The summed E-state index contributed by atoms with van der Waals surface area (Å²) < 4.78 is 7.60. The SMILES string of the molecule is CC(C)n1cc2c(n1)[C@H](NC(=O)C1(c3ccccc3)CCOCC1)CCC2. The molecule has 1 aromatic carbocycles. The van der Waals surface area contributed by atoms with E-state index in [4.69, 9.17) is 9.84 Å². The van der Waals surface area contributed by atoms with E-state index in [1.54, 1.807) is 0 Å². The molecule has 2 heterocycles. The third-order valence-corrected chi connectivity index (χ3v) is 6.05. The predicted molar refractivity (Wildman–Crippen MR) is 105 cm³/mol. The average molecular weight is 367 g/mol. The molecule has 1 N–H and O–H groups in total. The lowest BCUT2D eigenvalue weighted by molar-refractivity contribution is -0.131. The van der Waals surface area contributed by atoms with Crippen molar-refractivity contribution in [2.45, 2.75) is 63.5 Å². The number of nitrogens with one attached hydrogen (secondary N) is 1. The monoisotopic (exact) mass is 367 g/mol. The molecule has 0 radical (unpaired) electrons. The first-order chi connectivity index (χ1) is 13.1. The van der Waals surface area contributed by atoms with Crippen LogP contribution in [0.15, 0.2) is 36.5 Å². The van der Waals surface area contributed by atoms with Crippen LogP contribution in [0.3, 0.4) is 0 Å². The van der Waals surface area contributed by atoms with Crippen molar-refractivity contribution in [1.82, 2.24) is 15.1 Å². The lowest BCUT2D eigenvalue weighted by Crippen LogP contribution is -2.49. The first-order valence-corrected chi connectivity index (χ1v) is 10.1. The molecule has 1 amide bonds. The van der Waals surface area contributed by atoms with E-state index in [9.17, 15) is 4.79 Å². The smallest absolute Gasteiger partial charge is 0.231 e. The van der Waals surface area contributed by atoms with Crippen LogP contribution in [0.2, 0.25) is 0 Å². The third kappa shape index (κ3) is 3.41. The van der Waals surface area contributed by atoms with E-state index in [0.29, 0.717) is 19.3 Å². The van der Waals surface area contributed by atoms with E-state index in [0.717, 1.165) is 43.4 Å². The van der Waals surface area contributed by atoms with Crippen molar-refractivity contribution in [2.75, 3.05) is 13.2 Å². The van der Waals surface area contributed by atoms with Crippen LogP contribution >= 0.6 is 0 Å². The summed E-state index contributed by atoms with van der Waals surface area (Å²) >= 11 is 0. The van der Waals surface area contributed by atoms with Crippen LogP contribution in [0.25, 0.3) is 0 Å². The van der Waals surface area contributed by atoms with Crippen molar-refractivity contribution in [2.24, 2.45) is 0 Å². The van der Waals surface area contributed by atoms with Crippen LogP contribution in [0, 0.1) is 0 Å². The lowest BCUT2D eigenvalue weighted by atomic mass is 9.73. The van der Waals surface area contributed by atoms with Crippen LogP contribution in [0.1, 0.15) is 68.4 Å². The van der Waals surface area contributed by atoms with Gasteiger partial charge in [0, 0.05) is 25.5 Å². The molecule has 0 bridgehead atoms. The second kappa shape index (κ2) is 7.47. The second-order valence-corrected chi connectivity index (χ2v) is 8.09. The Labute approximate surface area is 161 Å². The second-order valence-electron chi connectivity index (χ2n) is 8.09. The number of carbonyl (C=O) groups excluding carboxylic acids is 1. The number of aromatic nitrogens is 2. The molecule has 1 atom stereocenters. The minimum Gasteiger partial charge on any atom is -0.381 e. The average Bonchev–Trinajstić information content (AvgIpc) is 3.15. The van der Waals surface area contributed by atoms with Gasteiger partial charge in [0.05, 0.1) is 17.2 Å². The Balaban J connectivity index is 1.61. The lowest BCUT2D eigenvalue weighted by Gasteiger charge is -2.37. The Morgan fingerprint density at radius 3 is 2.70 bits per heavy atom. The summed E-state index contributed by atoms with van der Waals surface area (Å²) in [4.78, 5) is 13.5. The number of benzene rings is 1. The summed E-state index contributed by atoms with van der Waals surface area (Å²) in [7, 11) is 0. The third-order valence-electron chi connectivity index (χ3n) is 6.05. The van der Waals surface area contributed by atoms with Crippen LogP contribution in [0.5, 0.6) is 0 Å². The van der Waals surface area contributed by atoms with Crippen molar-refractivity contribution in [1.29, 1.82) is 0 Å². The Morgan fingerprint density at radius 2 is 2.00 bits per heavy atom. The van der Waals surface area contributed by atoms with Crippen molar-refractivity contribution >= 4 is 5.91 Å². The van der Waals surface area contributed by atoms with Gasteiger partial charge >= 0.3 is 0 Å². The fraction of sp³-hybridized carbons (Fsp3) is 0.545. The maximum absolute atomic E-state index is 13.5. The van der Waals surface area contributed by atoms with Gasteiger partial charge in [-0.3, -0.25) is 9.48 Å². The highest BCUT2D eigenvalue weighted by Crippen LogP contribution is 2.37. The van der Waals surface area contributed by atoms with Crippen molar-refractivity contribution in [3.05, 3.63) is 53.3 Å². The summed E-state index contributed by atoms with van der Waals surface area (Å²) in [5, 5.41) is 8.17. The molecule has 0 saturated carbocycles. The van der Waals surface area contributed by atoms with Crippen LogP contribution < -0.4 is 5.32 Å². The molecule has 1 saturated heterocycles. The van der Waals surface area contributed by atoms with E-state index in [2.05, 4.69) is 37.5 Å². The van der Waals surface area contributed by atoms with Gasteiger partial charge in [-0.1, -0.05) is 30.3 Å². The summed E-state index contributed by atoms with van der Waals surface area (Å²) in [6.45, 7) is 5.53. The molecule has 2 aromatic rings. The van der Waals surface area contributed by atoms with E-state index in [1.165, 1.54) is 5.56 Å². The fourth-order valence-corrected chi connectivity index (χ4v) is 4.39. The summed E-state index contributed by atoms with van der Waals surface area (Å²) in [6.07, 6.45) is 6.69. The minimum atomic E-state index is -0.502. The zero-order valence-electron chi connectivity index (χ0n) is 16.3. The molecular weight excluding hydrogens is 338 g/mol. The van der Waals surface area contributed by atoms with E-state index in [1.807, 2.05) is 22.9 Å². The van der Waals surface area contributed by atoms with Gasteiger partial charge in [0.15, 0.2) is 0 Å². The highest BCUT2D eigenvalue weighted by atomic mass is 16.5. The molecule has 2 aliphatic rings. The molecule has 1 fully saturated rings. The molecule has 1 aliphatic carbocycles. The molecule has 5 nitrogen and oxygen atoms in total. The quantitative estimate of drug-likeness (QED) is 0.896. The number of fused-ring (bicyclic) bond motifs is 1. The Hall–Kier alpha value is -2.14. The number of nitrogens with zero attached hydrogens (tertiary/aromatic N) is 2. The van der Waals surface area contributed by atoms with Crippen LogP contribution in [-0.4, -0.2) is 28.9 Å². The summed E-state index contributed by atoms with van der Waals surface area (Å²) in [6, 6.07) is 10.5. The molecule has 27 heavy (non-hydrogen) atoms. The Bertz CT molecular complexity index is 791. The number of hydrogen-bond donors (Lipinski definition) is 1. The van der Waals surface area contributed by atoms with Gasteiger partial charge in [0.2, 0.25) is 5.91 Å². The maximum atomic E-state index is 13.5. The van der Waals surface area contributed by atoms with Gasteiger partial charge < -0.3 is 10.1 Å². The largest absolute Gasteiger partial charge is 0.381 e. The molecular formula is C22H29N3O2. The number of ether oxygens (including phenoxy) is 1. The van der Waals surface area contributed by atoms with Gasteiger partial charge in [-0.15, -0.1) is 0 Å². The van der Waals surface area contributed by atoms with Crippen LogP contribution in [-0.2, 0) is 21.4 Å². The van der Waals surface area contributed by atoms with Crippen LogP contribution in [0.4, 0.5) is 0 Å². The van der Waals surface area contributed by atoms with E-state index < -0.39 is 5.41 Å². The van der Waals surface area contributed by atoms with Gasteiger partial charge in [-0.2, -0.15) is 5.10 Å². The molecule has 1 aromatic heterocycles. The minimum absolute atomic E-state index is 0.00434. The van der Waals surface area contributed by atoms with Crippen molar-refractivity contribution in [3.63, 3.8) is 0 Å². The molecule has 0 spiro atoms. The summed E-state index contributed by atoms with van der Waals surface area (Å²) in [5.41, 5.74) is 2.92. The van der Waals surface area contributed by atoms with Crippen molar-refractivity contribution in [3.8, 4) is 0 Å². The van der Waals surface area contributed by atoms with Gasteiger partial charge in [0.1, 0.15) is 0 Å². The molecule has 4 rings (SSSR count). The summed E-state index contributed by atoms with van der Waals surface area (Å²) in [5.74, 6) is 0.119. The molecule has 144 valence electrons. The van der Waals surface area contributed by atoms with Gasteiger partial charge in [-0.05, 0) is 57.1 Å². The number of rotatable bonds is 4. The normalized spacial score (nSPS) is 21.7. The topological polar surface area (TPSA) is 56.2 Å². The number of amides is 1. The van der Waals surface area contributed by atoms with E-state index >= 15 is 0 Å². The van der Waals surface area contributed by atoms with Crippen molar-refractivity contribution < 1.29 is 9.53 Å². The molecule has 0 unspecified atom stereocenters. The Morgan fingerprint density at radius 1 is 1.26 bits per heavy atom. The van der Waals surface area contributed by atoms with E-state index in [-0.39, 0.29) is 11.9 Å². The number of aryl methyl sites for hydroxylation is 1. The zero-order valence-corrected chi connectivity index (χ0v) is 16.3. The maximum Gasteiger partial charge on any atom is 0.231 e. The molecule has 5 heteroatoms. The first-order valence-electron chi connectivity index (χ1n) is 10.1. The highest BCUT2D eigenvalue weighted by molar-refractivity contribution is 5.88. The Kier molecular flexibility index (Phi) is 5.04. The first kappa shape index (κ1) is 18.2. The highest BCUT2D eigenvalue weighted by Gasteiger charge is 2.43. The molecule has 1 aliphatic heterocycles. The predicted octanol–water partition coefficient (Wildman–Crippen LogP) is 3.71. The van der Waals surface area contributed by atoms with Gasteiger partial charge in [-0.25, -0.2) is 0 Å². The van der Waals surface area contributed by atoms with Gasteiger partial charge in [0.25, 0.3) is 0 Å². The fourth-order valence-electron chi connectivity index (χ4n) is 4.39.